The molecule has 0 fully saturated rings. The van der Waals surface area contributed by atoms with E-state index in [0.29, 0.717) is 44.1 Å². The topological polar surface area (TPSA) is 81.9 Å². The van der Waals surface area contributed by atoms with E-state index in [1.807, 2.05) is 5.38 Å². The SMILES string of the molecule is C=CCn1c(COc2ccc(F)cc2)nnc1SCC(=O)Nc1nc(-c2ccc(Cl)cc2Cl)cs1. The molecule has 0 aliphatic rings. The summed E-state index contributed by atoms with van der Waals surface area (Å²) in [7, 11) is 0. The number of thiazole rings is 1. The number of carbonyl (C=O) groups is 1. The first-order valence-corrected chi connectivity index (χ1v) is 12.8. The van der Waals surface area contributed by atoms with E-state index in [1.165, 1.54) is 47.4 Å². The summed E-state index contributed by atoms with van der Waals surface area (Å²) in [6, 6.07) is 10.9. The predicted molar refractivity (Wildman–Crippen MR) is 138 cm³/mol. The third-order valence-electron chi connectivity index (χ3n) is 4.58. The Hall–Kier alpha value is -2.92. The number of nitrogens with one attached hydrogen (secondary N) is 1. The van der Waals surface area contributed by atoms with Crippen LogP contribution in [0, 0.1) is 5.82 Å². The van der Waals surface area contributed by atoms with Crippen LogP contribution in [0.1, 0.15) is 5.82 Å². The van der Waals surface area contributed by atoms with Crippen molar-refractivity contribution in [3.05, 3.63) is 82.2 Å². The number of rotatable bonds is 10. The van der Waals surface area contributed by atoms with Gasteiger partial charge in [-0.2, -0.15) is 0 Å². The number of carbonyl (C=O) groups excluding carboxylic acids is 1. The average Bonchev–Trinajstić information content (AvgIpc) is 3.44. The average molecular weight is 550 g/mol. The largest absolute Gasteiger partial charge is 0.486 e. The zero-order valence-corrected chi connectivity index (χ0v) is 21.2. The van der Waals surface area contributed by atoms with Crippen LogP contribution < -0.4 is 10.1 Å². The molecule has 0 saturated carbocycles. The molecule has 0 spiro atoms. The Bertz CT molecular complexity index is 1340. The van der Waals surface area contributed by atoms with Gasteiger partial charge in [0.25, 0.3) is 0 Å². The summed E-state index contributed by atoms with van der Waals surface area (Å²) < 4.78 is 20.5. The van der Waals surface area contributed by atoms with Crippen LogP contribution >= 0.6 is 46.3 Å². The summed E-state index contributed by atoms with van der Waals surface area (Å²) in [6.45, 7) is 4.34. The quantitative estimate of drug-likeness (QED) is 0.183. The van der Waals surface area contributed by atoms with Crippen molar-refractivity contribution in [2.75, 3.05) is 11.1 Å². The Balaban J connectivity index is 1.35. The van der Waals surface area contributed by atoms with Crippen molar-refractivity contribution in [3.8, 4) is 17.0 Å². The molecule has 180 valence electrons. The fraction of sp³-hybridized carbons (Fsp3) is 0.130. The van der Waals surface area contributed by atoms with E-state index in [-0.39, 0.29) is 24.1 Å². The maximum atomic E-state index is 13.1. The normalized spacial score (nSPS) is 10.8. The van der Waals surface area contributed by atoms with E-state index < -0.39 is 0 Å². The number of amides is 1. The van der Waals surface area contributed by atoms with Gasteiger partial charge < -0.3 is 10.1 Å². The minimum absolute atomic E-state index is 0.102. The van der Waals surface area contributed by atoms with Crippen molar-refractivity contribution in [2.45, 2.75) is 18.3 Å². The van der Waals surface area contributed by atoms with Crippen LogP contribution in [0.4, 0.5) is 9.52 Å². The van der Waals surface area contributed by atoms with Gasteiger partial charge in [0, 0.05) is 22.5 Å². The van der Waals surface area contributed by atoms with Gasteiger partial charge in [0.1, 0.15) is 18.2 Å². The highest BCUT2D eigenvalue weighted by Crippen LogP contribution is 2.32. The van der Waals surface area contributed by atoms with Crippen molar-refractivity contribution in [2.24, 2.45) is 0 Å². The second-order valence-electron chi connectivity index (χ2n) is 7.04. The molecule has 4 aromatic rings. The third kappa shape index (κ3) is 6.61. The van der Waals surface area contributed by atoms with E-state index >= 15 is 0 Å². The Morgan fingerprint density at radius 2 is 2.03 bits per heavy atom. The van der Waals surface area contributed by atoms with Crippen LogP contribution in [-0.2, 0) is 17.9 Å². The molecule has 0 aliphatic carbocycles. The van der Waals surface area contributed by atoms with E-state index in [2.05, 4.69) is 27.1 Å². The molecular weight excluding hydrogens is 532 g/mol. The zero-order chi connectivity index (χ0) is 24.8. The lowest BCUT2D eigenvalue weighted by Gasteiger charge is -2.09. The number of hydrogen-bond donors (Lipinski definition) is 1. The number of anilines is 1. The van der Waals surface area contributed by atoms with Crippen molar-refractivity contribution in [1.82, 2.24) is 19.7 Å². The van der Waals surface area contributed by atoms with Crippen LogP contribution in [-0.4, -0.2) is 31.4 Å². The van der Waals surface area contributed by atoms with Crippen LogP contribution in [0.3, 0.4) is 0 Å². The lowest BCUT2D eigenvalue weighted by molar-refractivity contribution is -0.113. The molecule has 2 aromatic carbocycles. The summed E-state index contributed by atoms with van der Waals surface area (Å²) in [5.74, 6) is 0.588. The van der Waals surface area contributed by atoms with Crippen molar-refractivity contribution in [1.29, 1.82) is 0 Å². The second-order valence-corrected chi connectivity index (χ2v) is 9.68. The number of allylic oxidation sites excluding steroid dienone is 1. The van der Waals surface area contributed by atoms with Crippen LogP contribution in [0.25, 0.3) is 11.3 Å². The van der Waals surface area contributed by atoms with Gasteiger partial charge in [-0.3, -0.25) is 9.36 Å². The van der Waals surface area contributed by atoms with E-state index in [9.17, 15) is 9.18 Å². The zero-order valence-electron chi connectivity index (χ0n) is 18.1. The molecule has 12 heteroatoms. The first-order valence-electron chi connectivity index (χ1n) is 10.2. The minimum atomic E-state index is -0.341. The van der Waals surface area contributed by atoms with Crippen molar-refractivity contribution < 1.29 is 13.9 Å². The molecule has 1 N–H and O–H groups in total. The maximum Gasteiger partial charge on any atom is 0.236 e. The van der Waals surface area contributed by atoms with Crippen molar-refractivity contribution >= 4 is 57.3 Å². The standard InChI is InChI=1S/C23H18Cl2FN5O2S2/c1-2-9-31-20(11-33-16-6-4-15(26)5-7-16)29-30-23(31)35-13-21(32)28-22-27-19(12-34-22)17-8-3-14(24)10-18(17)25/h2-8,10,12H,1,9,11,13H2,(H,27,28,32). The number of halogens is 3. The van der Waals surface area contributed by atoms with Crippen LogP contribution in [0.5, 0.6) is 5.75 Å². The number of ether oxygens (including phenoxy) is 1. The fourth-order valence-corrected chi connectivity index (χ4v) is 4.96. The highest BCUT2D eigenvalue weighted by Gasteiger charge is 2.16. The second kappa shape index (κ2) is 11.7. The number of nitrogens with zero attached hydrogens (tertiary/aromatic N) is 4. The molecule has 0 aliphatic heterocycles. The van der Waals surface area contributed by atoms with E-state index in [1.54, 1.807) is 28.8 Å². The molecule has 2 heterocycles. The summed E-state index contributed by atoms with van der Waals surface area (Å²) in [4.78, 5) is 17.0. The lowest BCUT2D eigenvalue weighted by atomic mass is 10.2. The molecule has 0 radical (unpaired) electrons. The summed E-state index contributed by atoms with van der Waals surface area (Å²) in [5.41, 5.74) is 1.38. The van der Waals surface area contributed by atoms with Gasteiger partial charge in [-0.1, -0.05) is 41.0 Å². The number of thioether (sulfide) groups is 1. The molecule has 2 aromatic heterocycles. The molecule has 1 amide bonds. The Kier molecular flexibility index (Phi) is 8.40. The molecule has 35 heavy (non-hydrogen) atoms. The van der Waals surface area contributed by atoms with Gasteiger partial charge in [0.05, 0.1) is 16.5 Å². The molecule has 0 unspecified atom stereocenters. The number of aromatic nitrogens is 4. The van der Waals surface area contributed by atoms with Gasteiger partial charge in [-0.15, -0.1) is 28.1 Å². The summed E-state index contributed by atoms with van der Waals surface area (Å²) >= 11 is 14.7. The third-order valence-corrected chi connectivity index (χ3v) is 6.85. The maximum absolute atomic E-state index is 13.1. The highest BCUT2D eigenvalue weighted by atomic mass is 35.5. The van der Waals surface area contributed by atoms with E-state index in [4.69, 9.17) is 27.9 Å². The number of hydrogen-bond acceptors (Lipinski definition) is 7. The first kappa shape index (κ1) is 25.2. The molecular formula is C23H18Cl2FN5O2S2. The monoisotopic (exact) mass is 549 g/mol. The number of benzene rings is 2. The van der Waals surface area contributed by atoms with Crippen LogP contribution in [0.15, 0.2) is 65.7 Å². The van der Waals surface area contributed by atoms with E-state index in [0.717, 1.165) is 5.56 Å². The lowest BCUT2D eigenvalue weighted by Crippen LogP contribution is -2.15. The smallest absolute Gasteiger partial charge is 0.236 e. The first-order chi connectivity index (χ1) is 16.9. The molecule has 4 rings (SSSR count). The molecule has 0 saturated heterocycles. The van der Waals surface area contributed by atoms with Gasteiger partial charge in [0.15, 0.2) is 16.1 Å². The summed E-state index contributed by atoms with van der Waals surface area (Å²) in [5, 5.41) is 15.0. The Morgan fingerprint density at radius 3 is 2.77 bits per heavy atom. The Labute approximate surface area is 219 Å². The molecule has 0 bridgehead atoms. The summed E-state index contributed by atoms with van der Waals surface area (Å²) in [6.07, 6.45) is 1.70. The van der Waals surface area contributed by atoms with Crippen LogP contribution in [0.2, 0.25) is 10.0 Å². The predicted octanol–water partition coefficient (Wildman–Crippen LogP) is 6.34. The fourth-order valence-electron chi connectivity index (χ4n) is 2.96. The van der Waals surface area contributed by atoms with Gasteiger partial charge >= 0.3 is 0 Å². The van der Waals surface area contributed by atoms with Gasteiger partial charge in [-0.25, -0.2) is 9.37 Å². The Morgan fingerprint density at radius 1 is 1.23 bits per heavy atom. The molecule has 7 nitrogen and oxygen atoms in total. The van der Waals surface area contributed by atoms with Gasteiger partial charge in [-0.05, 0) is 42.5 Å². The molecule has 0 atom stereocenters. The minimum Gasteiger partial charge on any atom is -0.486 e. The highest BCUT2D eigenvalue weighted by molar-refractivity contribution is 7.99. The van der Waals surface area contributed by atoms with Gasteiger partial charge in [0.2, 0.25) is 5.91 Å². The van der Waals surface area contributed by atoms with Crippen molar-refractivity contribution in [3.63, 3.8) is 0 Å².